The molecule has 1 aromatic heterocycles. The van der Waals surface area contributed by atoms with Crippen molar-refractivity contribution in [1.29, 1.82) is 0 Å². The molecule has 0 aromatic carbocycles. The fourth-order valence-corrected chi connectivity index (χ4v) is 3.33. The van der Waals surface area contributed by atoms with Crippen LogP contribution >= 0.6 is 11.3 Å². The van der Waals surface area contributed by atoms with Crippen LogP contribution < -0.4 is 5.32 Å². The lowest BCUT2D eigenvalue weighted by atomic mass is 9.99. The molecule has 0 radical (unpaired) electrons. The quantitative estimate of drug-likeness (QED) is 0.907. The Labute approximate surface area is 125 Å². The van der Waals surface area contributed by atoms with Crippen molar-refractivity contribution >= 4 is 17.2 Å². The molecule has 1 atom stereocenters. The van der Waals surface area contributed by atoms with Gasteiger partial charge in [-0.3, -0.25) is 9.69 Å². The van der Waals surface area contributed by atoms with Gasteiger partial charge < -0.3 is 10.1 Å². The van der Waals surface area contributed by atoms with E-state index in [-0.39, 0.29) is 11.9 Å². The molecule has 1 N–H and O–H groups in total. The molecule has 2 rings (SSSR count). The molecule has 20 heavy (non-hydrogen) atoms. The molecule has 1 fully saturated rings. The Bertz CT molecular complexity index is 425. The number of carbonyl (C=O) groups is 1. The highest BCUT2D eigenvalue weighted by molar-refractivity contribution is 7.10. The van der Waals surface area contributed by atoms with E-state index in [1.807, 2.05) is 19.9 Å². The summed E-state index contributed by atoms with van der Waals surface area (Å²) in [5, 5.41) is 5.25. The zero-order valence-electron chi connectivity index (χ0n) is 12.5. The number of ether oxygens (including phenoxy) is 1. The lowest BCUT2D eigenvalue weighted by Gasteiger charge is -2.40. The average Bonchev–Trinajstić information content (AvgIpc) is 2.99. The van der Waals surface area contributed by atoms with Gasteiger partial charge in [0.05, 0.1) is 24.8 Å². The van der Waals surface area contributed by atoms with Crippen LogP contribution in [0.25, 0.3) is 0 Å². The van der Waals surface area contributed by atoms with Gasteiger partial charge in [-0.15, -0.1) is 11.3 Å². The Balaban J connectivity index is 2.02. The molecule has 0 spiro atoms. The van der Waals surface area contributed by atoms with Crippen LogP contribution in [0.3, 0.4) is 0 Å². The van der Waals surface area contributed by atoms with E-state index in [1.54, 1.807) is 11.3 Å². The van der Waals surface area contributed by atoms with E-state index in [4.69, 9.17) is 4.74 Å². The summed E-state index contributed by atoms with van der Waals surface area (Å²) in [6.07, 6.45) is 0.908. The molecule has 0 unspecified atom stereocenters. The van der Waals surface area contributed by atoms with Crippen molar-refractivity contribution in [2.45, 2.75) is 38.8 Å². The van der Waals surface area contributed by atoms with Gasteiger partial charge in [-0.25, -0.2) is 0 Å². The summed E-state index contributed by atoms with van der Waals surface area (Å²) in [4.78, 5) is 16.1. The normalized spacial score (nSPS) is 18.8. The van der Waals surface area contributed by atoms with Crippen LogP contribution in [0.1, 0.15) is 38.1 Å². The molecular formula is C15H24N2O2S. The Morgan fingerprint density at radius 3 is 2.75 bits per heavy atom. The van der Waals surface area contributed by atoms with Gasteiger partial charge >= 0.3 is 0 Å². The minimum Gasteiger partial charge on any atom is -0.379 e. The summed E-state index contributed by atoms with van der Waals surface area (Å²) in [6, 6.07) is 4.23. The van der Waals surface area contributed by atoms with Crippen LogP contribution in [0.2, 0.25) is 0 Å². The standard InChI is InChI=1S/C15H24N2O2S/c1-4-12(13-6-5-11-20-13)16-14(18)15(2,3)17-7-9-19-10-8-17/h5-6,11-12H,4,7-10H2,1-3H3,(H,16,18)/t12-/m0/s1. The van der Waals surface area contributed by atoms with Gasteiger partial charge in [-0.1, -0.05) is 13.0 Å². The maximum atomic E-state index is 12.6. The summed E-state index contributed by atoms with van der Waals surface area (Å²) >= 11 is 1.70. The Kier molecular flexibility index (Phi) is 5.18. The Morgan fingerprint density at radius 2 is 2.20 bits per heavy atom. The van der Waals surface area contributed by atoms with Crippen molar-refractivity contribution in [2.75, 3.05) is 26.3 Å². The molecule has 1 amide bonds. The first-order chi connectivity index (χ1) is 9.55. The van der Waals surface area contributed by atoms with Crippen LogP contribution in [0.4, 0.5) is 0 Å². The number of hydrogen-bond donors (Lipinski definition) is 1. The SMILES string of the molecule is CC[C@H](NC(=O)C(C)(C)N1CCOCC1)c1cccs1. The van der Waals surface area contributed by atoms with Gasteiger partial charge in [-0.2, -0.15) is 0 Å². The largest absolute Gasteiger partial charge is 0.379 e. The first-order valence-electron chi connectivity index (χ1n) is 7.23. The minimum atomic E-state index is -0.492. The van der Waals surface area contributed by atoms with E-state index in [1.165, 1.54) is 4.88 Å². The van der Waals surface area contributed by atoms with E-state index >= 15 is 0 Å². The van der Waals surface area contributed by atoms with Crippen LogP contribution in [0.5, 0.6) is 0 Å². The molecule has 1 aliphatic heterocycles. The number of nitrogens with one attached hydrogen (secondary N) is 1. The van der Waals surface area contributed by atoms with Crippen LogP contribution in [-0.4, -0.2) is 42.6 Å². The second-order valence-corrected chi connectivity index (χ2v) is 6.59. The molecular weight excluding hydrogens is 272 g/mol. The smallest absolute Gasteiger partial charge is 0.240 e. The van der Waals surface area contributed by atoms with Crippen molar-refractivity contribution in [3.05, 3.63) is 22.4 Å². The van der Waals surface area contributed by atoms with Crippen molar-refractivity contribution in [2.24, 2.45) is 0 Å². The van der Waals surface area contributed by atoms with Crippen LogP contribution in [0, 0.1) is 0 Å². The minimum absolute atomic E-state index is 0.0969. The van der Waals surface area contributed by atoms with Gasteiger partial charge in [0.2, 0.25) is 5.91 Å². The molecule has 1 aliphatic rings. The van der Waals surface area contributed by atoms with Crippen LogP contribution in [0.15, 0.2) is 17.5 Å². The number of hydrogen-bond acceptors (Lipinski definition) is 4. The van der Waals surface area contributed by atoms with Crippen molar-refractivity contribution < 1.29 is 9.53 Å². The maximum absolute atomic E-state index is 12.6. The molecule has 112 valence electrons. The number of morpholine rings is 1. The molecule has 1 aromatic rings. The molecule has 0 saturated carbocycles. The van der Waals surface area contributed by atoms with E-state index < -0.39 is 5.54 Å². The lowest BCUT2D eigenvalue weighted by molar-refractivity contribution is -0.135. The molecule has 0 bridgehead atoms. The summed E-state index contributed by atoms with van der Waals surface area (Å²) in [5.41, 5.74) is -0.492. The molecule has 0 aliphatic carbocycles. The third kappa shape index (κ3) is 3.40. The van der Waals surface area contributed by atoms with Gasteiger partial charge in [0.25, 0.3) is 0 Å². The number of amides is 1. The summed E-state index contributed by atoms with van der Waals surface area (Å²) < 4.78 is 5.36. The third-order valence-electron chi connectivity index (χ3n) is 3.96. The van der Waals surface area contributed by atoms with Crippen molar-refractivity contribution in [1.82, 2.24) is 10.2 Å². The zero-order valence-corrected chi connectivity index (χ0v) is 13.3. The topological polar surface area (TPSA) is 41.6 Å². The van der Waals surface area contributed by atoms with Crippen molar-refractivity contribution in [3.8, 4) is 0 Å². The summed E-state index contributed by atoms with van der Waals surface area (Å²) in [6.45, 7) is 9.14. The number of thiophene rings is 1. The van der Waals surface area contributed by atoms with Crippen LogP contribution in [-0.2, 0) is 9.53 Å². The fraction of sp³-hybridized carbons (Fsp3) is 0.667. The third-order valence-corrected chi connectivity index (χ3v) is 4.94. The Morgan fingerprint density at radius 1 is 1.50 bits per heavy atom. The average molecular weight is 296 g/mol. The van der Waals surface area contributed by atoms with Gasteiger partial charge in [0, 0.05) is 18.0 Å². The zero-order chi connectivity index (χ0) is 14.6. The predicted octanol–water partition coefficient (Wildman–Crippen LogP) is 2.43. The van der Waals surface area contributed by atoms with Crippen molar-refractivity contribution in [3.63, 3.8) is 0 Å². The highest BCUT2D eigenvalue weighted by atomic mass is 32.1. The number of nitrogens with zero attached hydrogens (tertiary/aromatic N) is 1. The van der Waals surface area contributed by atoms with Gasteiger partial charge in [0.1, 0.15) is 0 Å². The molecule has 1 saturated heterocycles. The Hall–Kier alpha value is -0.910. The molecule has 4 nitrogen and oxygen atoms in total. The van der Waals surface area contributed by atoms with E-state index in [2.05, 4.69) is 28.6 Å². The first-order valence-corrected chi connectivity index (χ1v) is 8.11. The van der Waals surface area contributed by atoms with E-state index in [9.17, 15) is 4.79 Å². The molecule has 2 heterocycles. The highest BCUT2D eigenvalue weighted by Crippen LogP contribution is 2.24. The van der Waals surface area contributed by atoms with E-state index in [0.29, 0.717) is 13.2 Å². The second kappa shape index (κ2) is 6.70. The maximum Gasteiger partial charge on any atom is 0.240 e. The van der Waals surface area contributed by atoms with Gasteiger partial charge in [0.15, 0.2) is 0 Å². The summed E-state index contributed by atoms with van der Waals surface area (Å²) in [7, 11) is 0. The highest BCUT2D eigenvalue weighted by Gasteiger charge is 2.36. The second-order valence-electron chi connectivity index (χ2n) is 5.61. The lowest BCUT2D eigenvalue weighted by Crippen LogP contribution is -2.58. The van der Waals surface area contributed by atoms with E-state index in [0.717, 1.165) is 19.5 Å². The molecule has 5 heteroatoms. The fourth-order valence-electron chi connectivity index (χ4n) is 2.46. The predicted molar refractivity (Wildman–Crippen MR) is 82.0 cm³/mol. The summed E-state index contributed by atoms with van der Waals surface area (Å²) in [5.74, 6) is 0.0969. The first kappa shape index (κ1) is 15.5. The number of carbonyl (C=O) groups excluding carboxylic acids is 1. The van der Waals surface area contributed by atoms with Gasteiger partial charge in [-0.05, 0) is 31.7 Å². The number of rotatable bonds is 5. The monoisotopic (exact) mass is 296 g/mol.